The van der Waals surface area contributed by atoms with Crippen LogP contribution in [0, 0.1) is 0 Å². The molecule has 3 nitrogen and oxygen atoms in total. The molecule has 0 radical (unpaired) electrons. The van der Waals surface area contributed by atoms with Gasteiger partial charge in [-0.3, -0.25) is 0 Å². The van der Waals surface area contributed by atoms with Gasteiger partial charge in [-0.1, -0.05) is 109 Å². The van der Waals surface area contributed by atoms with Gasteiger partial charge in [0.1, 0.15) is 11.2 Å². The SMILES string of the molecule is c1ccc(-c2cc(-c3ccc4c5ccccc5n(-c5ccccc5)c4c3)nc(-c3cccc4c3oc3ccccc34)c2)cc1. The van der Waals surface area contributed by atoms with Gasteiger partial charge in [0.25, 0.3) is 0 Å². The Morgan fingerprint density at radius 2 is 1.11 bits per heavy atom. The topological polar surface area (TPSA) is 31.0 Å². The van der Waals surface area contributed by atoms with Gasteiger partial charge in [-0.05, 0) is 59.7 Å². The number of nitrogens with zero attached hydrogens (tertiary/aromatic N) is 2. The Kier molecular flexibility index (Phi) is 5.50. The molecule has 0 bridgehead atoms. The van der Waals surface area contributed by atoms with Crippen molar-refractivity contribution in [3.63, 3.8) is 0 Å². The highest BCUT2D eigenvalue weighted by Gasteiger charge is 2.17. The zero-order chi connectivity index (χ0) is 29.0. The Morgan fingerprint density at radius 1 is 0.432 bits per heavy atom. The Bertz CT molecular complexity index is 2490. The molecule has 0 aliphatic carbocycles. The third-order valence-corrected chi connectivity index (χ3v) is 8.60. The van der Waals surface area contributed by atoms with Crippen molar-refractivity contribution in [3.05, 3.63) is 158 Å². The van der Waals surface area contributed by atoms with Crippen LogP contribution in [-0.4, -0.2) is 9.55 Å². The summed E-state index contributed by atoms with van der Waals surface area (Å²) in [6, 6.07) is 55.4. The van der Waals surface area contributed by atoms with Crippen LogP contribution in [0.4, 0.5) is 0 Å². The molecule has 0 saturated heterocycles. The zero-order valence-electron chi connectivity index (χ0n) is 23.8. The molecule has 44 heavy (non-hydrogen) atoms. The highest BCUT2D eigenvalue weighted by molar-refractivity contribution is 6.11. The van der Waals surface area contributed by atoms with Crippen LogP contribution in [0.1, 0.15) is 0 Å². The van der Waals surface area contributed by atoms with Gasteiger partial charge in [-0.15, -0.1) is 0 Å². The van der Waals surface area contributed by atoms with E-state index in [2.05, 4.69) is 150 Å². The minimum atomic E-state index is 0.858. The average molecular weight is 563 g/mol. The molecule has 3 heteroatoms. The van der Waals surface area contributed by atoms with Gasteiger partial charge in [0.05, 0.1) is 22.4 Å². The van der Waals surface area contributed by atoms with E-state index in [4.69, 9.17) is 9.40 Å². The van der Waals surface area contributed by atoms with Crippen LogP contribution in [0.15, 0.2) is 162 Å². The molecule has 0 aliphatic rings. The van der Waals surface area contributed by atoms with Crippen LogP contribution in [-0.2, 0) is 0 Å². The van der Waals surface area contributed by atoms with E-state index in [1.165, 1.54) is 16.3 Å². The van der Waals surface area contributed by atoms with Crippen molar-refractivity contribution in [2.75, 3.05) is 0 Å². The molecule has 0 aliphatic heterocycles. The molecule has 9 aromatic rings. The van der Waals surface area contributed by atoms with Crippen LogP contribution < -0.4 is 0 Å². The van der Waals surface area contributed by atoms with Crippen molar-refractivity contribution in [1.82, 2.24) is 9.55 Å². The summed E-state index contributed by atoms with van der Waals surface area (Å²) in [5, 5.41) is 4.67. The van der Waals surface area contributed by atoms with Gasteiger partial charge in [0.15, 0.2) is 0 Å². The minimum Gasteiger partial charge on any atom is -0.455 e. The first-order chi connectivity index (χ1) is 21.8. The van der Waals surface area contributed by atoms with E-state index < -0.39 is 0 Å². The lowest BCUT2D eigenvalue weighted by molar-refractivity contribution is 0.670. The second kappa shape index (κ2) is 9.82. The summed E-state index contributed by atoms with van der Waals surface area (Å²) in [7, 11) is 0. The van der Waals surface area contributed by atoms with Crippen molar-refractivity contribution < 1.29 is 4.42 Å². The summed E-state index contributed by atoms with van der Waals surface area (Å²) < 4.78 is 8.79. The van der Waals surface area contributed by atoms with E-state index >= 15 is 0 Å². The lowest BCUT2D eigenvalue weighted by Crippen LogP contribution is -1.94. The lowest BCUT2D eigenvalue weighted by Gasteiger charge is -2.12. The Balaban J connectivity index is 1.31. The summed E-state index contributed by atoms with van der Waals surface area (Å²) in [6.45, 7) is 0. The molecular formula is C41H26N2O. The van der Waals surface area contributed by atoms with Crippen LogP contribution in [0.2, 0.25) is 0 Å². The largest absolute Gasteiger partial charge is 0.455 e. The Morgan fingerprint density at radius 3 is 1.98 bits per heavy atom. The Labute approximate surface area is 254 Å². The molecular weight excluding hydrogens is 536 g/mol. The number of rotatable bonds is 4. The van der Waals surface area contributed by atoms with Crippen molar-refractivity contribution in [3.8, 4) is 39.3 Å². The highest BCUT2D eigenvalue weighted by Crippen LogP contribution is 2.39. The van der Waals surface area contributed by atoms with E-state index in [1.54, 1.807) is 0 Å². The predicted octanol–water partition coefficient (Wildman–Crippen LogP) is 11.1. The maximum absolute atomic E-state index is 6.44. The normalized spacial score (nSPS) is 11.6. The number of furan rings is 1. The van der Waals surface area contributed by atoms with Crippen LogP contribution in [0.5, 0.6) is 0 Å². The fraction of sp³-hybridized carbons (Fsp3) is 0. The minimum absolute atomic E-state index is 0.858. The summed E-state index contributed by atoms with van der Waals surface area (Å²) >= 11 is 0. The maximum Gasteiger partial charge on any atom is 0.144 e. The monoisotopic (exact) mass is 562 g/mol. The quantitative estimate of drug-likeness (QED) is 0.214. The number of pyridine rings is 1. The molecule has 0 amide bonds. The zero-order valence-corrected chi connectivity index (χ0v) is 23.8. The molecule has 0 fully saturated rings. The first kappa shape index (κ1) is 24.6. The fourth-order valence-corrected chi connectivity index (χ4v) is 6.55. The van der Waals surface area contributed by atoms with Gasteiger partial charge < -0.3 is 8.98 Å². The van der Waals surface area contributed by atoms with Crippen LogP contribution in [0.3, 0.4) is 0 Å². The standard InChI is InChI=1S/C41H26N2O/c1-3-12-27(13-4-1)29-24-36(42-37(25-29)35-19-11-18-34-33-17-8-10-21-40(33)44-41(34)35)28-22-23-32-31-16-7-9-20-38(31)43(39(32)26-28)30-14-5-2-6-15-30/h1-26H. The summed E-state index contributed by atoms with van der Waals surface area (Å²) in [4.78, 5) is 5.31. The number of para-hydroxylation sites is 4. The van der Waals surface area contributed by atoms with E-state index in [-0.39, 0.29) is 0 Å². The molecule has 0 atom stereocenters. The van der Waals surface area contributed by atoms with E-state index in [0.29, 0.717) is 0 Å². The molecule has 0 saturated carbocycles. The van der Waals surface area contributed by atoms with Crippen molar-refractivity contribution in [1.29, 1.82) is 0 Å². The van der Waals surface area contributed by atoms with Gasteiger partial charge in [-0.2, -0.15) is 0 Å². The number of hydrogen-bond donors (Lipinski definition) is 0. The van der Waals surface area contributed by atoms with Crippen molar-refractivity contribution >= 4 is 43.7 Å². The first-order valence-corrected chi connectivity index (χ1v) is 14.9. The van der Waals surface area contributed by atoms with E-state index in [9.17, 15) is 0 Å². The average Bonchev–Trinajstić information content (AvgIpc) is 3.64. The van der Waals surface area contributed by atoms with Crippen molar-refractivity contribution in [2.45, 2.75) is 0 Å². The first-order valence-electron chi connectivity index (χ1n) is 14.9. The maximum atomic E-state index is 6.44. The van der Waals surface area contributed by atoms with Crippen LogP contribution >= 0.6 is 0 Å². The molecule has 3 heterocycles. The van der Waals surface area contributed by atoms with Crippen molar-refractivity contribution in [2.24, 2.45) is 0 Å². The second-order valence-corrected chi connectivity index (χ2v) is 11.2. The molecule has 0 unspecified atom stereocenters. The second-order valence-electron chi connectivity index (χ2n) is 11.2. The molecule has 6 aromatic carbocycles. The third-order valence-electron chi connectivity index (χ3n) is 8.60. The summed E-state index contributed by atoms with van der Waals surface area (Å²) in [6.07, 6.45) is 0. The van der Waals surface area contributed by atoms with Gasteiger partial charge in [0.2, 0.25) is 0 Å². The van der Waals surface area contributed by atoms with Gasteiger partial charge in [0, 0.05) is 38.4 Å². The Hall–Kier alpha value is -5.93. The number of fused-ring (bicyclic) bond motifs is 6. The highest BCUT2D eigenvalue weighted by atomic mass is 16.3. The molecule has 0 spiro atoms. The number of benzene rings is 6. The van der Waals surface area contributed by atoms with Crippen LogP contribution in [0.25, 0.3) is 83.1 Å². The lowest BCUT2D eigenvalue weighted by atomic mass is 9.98. The van der Waals surface area contributed by atoms with Gasteiger partial charge >= 0.3 is 0 Å². The summed E-state index contributed by atoms with van der Waals surface area (Å²) in [5.41, 5.74) is 11.3. The fourth-order valence-electron chi connectivity index (χ4n) is 6.55. The van der Waals surface area contributed by atoms with E-state index in [1.807, 2.05) is 12.1 Å². The van der Waals surface area contributed by atoms with Gasteiger partial charge in [-0.25, -0.2) is 4.98 Å². The van der Waals surface area contributed by atoms with E-state index in [0.717, 1.165) is 66.8 Å². The molecule has 0 N–H and O–H groups in total. The molecule has 9 rings (SSSR count). The number of hydrogen-bond acceptors (Lipinski definition) is 2. The third kappa shape index (κ3) is 3.87. The molecule has 3 aromatic heterocycles. The number of aromatic nitrogens is 2. The smallest absolute Gasteiger partial charge is 0.144 e. The predicted molar refractivity (Wildman–Crippen MR) is 182 cm³/mol. The summed E-state index contributed by atoms with van der Waals surface area (Å²) in [5.74, 6) is 0. The molecule has 206 valence electrons.